The fraction of sp³-hybridized carbons (Fsp3) is 1.00. The minimum absolute atomic E-state index is 0.150. The fourth-order valence-electron chi connectivity index (χ4n) is 1.84. The van der Waals surface area contributed by atoms with Crippen molar-refractivity contribution in [2.24, 2.45) is 0 Å². The third-order valence-corrected chi connectivity index (χ3v) is 5.83. The van der Waals surface area contributed by atoms with E-state index in [1.807, 2.05) is 6.92 Å². The number of nitrogens with one attached hydrogen (secondary N) is 1. The molecule has 1 aliphatic carbocycles. The molecule has 90 valence electrons. The van der Waals surface area contributed by atoms with E-state index in [1.54, 1.807) is 0 Å². The second-order valence-corrected chi connectivity index (χ2v) is 7.50. The highest BCUT2D eigenvalue weighted by Gasteiger charge is 2.26. The van der Waals surface area contributed by atoms with Crippen LogP contribution in [0.4, 0.5) is 0 Å². The number of sulfonamides is 1. The summed E-state index contributed by atoms with van der Waals surface area (Å²) in [5, 5.41) is -0.150. The number of halogens is 1. The molecule has 0 aromatic rings. The quantitative estimate of drug-likeness (QED) is 0.792. The first kappa shape index (κ1) is 13.5. The molecule has 15 heavy (non-hydrogen) atoms. The van der Waals surface area contributed by atoms with Crippen LogP contribution in [0.25, 0.3) is 0 Å². The second kappa shape index (κ2) is 6.21. The van der Waals surface area contributed by atoms with Crippen LogP contribution in [0.1, 0.15) is 45.4 Å². The monoisotopic (exact) mass is 297 g/mol. The molecule has 0 heterocycles. The lowest BCUT2D eigenvalue weighted by Gasteiger charge is -2.22. The Labute approximate surface area is 101 Å². The van der Waals surface area contributed by atoms with Crippen LogP contribution >= 0.6 is 15.9 Å². The highest BCUT2D eigenvalue weighted by atomic mass is 79.9. The van der Waals surface area contributed by atoms with E-state index in [0.29, 0.717) is 6.54 Å². The standard InChI is InChI=1S/C10H20BrNO2S/c1-2-9(11)8-12-15(13,14)10-6-4-3-5-7-10/h9-10,12H,2-8H2,1H3. The molecule has 1 unspecified atom stereocenters. The van der Waals surface area contributed by atoms with Crippen LogP contribution in [-0.2, 0) is 10.0 Å². The van der Waals surface area contributed by atoms with Crippen molar-refractivity contribution in [2.75, 3.05) is 6.54 Å². The van der Waals surface area contributed by atoms with E-state index in [1.165, 1.54) is 6.42 Å². The summed E-state index contributed by atoms with van der Waals surface area (Å²) in [5.74, 6) is 0. The van der Waals surface area contributed by atoms with Gasteiger partial charge in [-0.05, 0) is 19.3 Å². The van der Waals surface area contributed by atoms with E-state index in [2.05, 4.69) is 20.7 Å². The van der Waals surface area contributed by atoms with Crippen LogP contribution < -0.4 is 4.72 Å². The van der Waals surface area contributed by atoms with Crippen molar-refractivity contribution in [2.45, 2.75) is 55.5 Å². The third-order valence-electron chi connectivity index (χ3n) is 2.94. The van der Waals surface area contributed by atoms with Gasteiger partial charge >= 0.3 is 0 Å². The van der Waals surface area contributed by atoms with Crippen LogP contribution in [0.5, 0.6) is 0 Å². The van der Waals surface area contributed by atoms with E-state index >= 15 is 0 Å². The molecule has 0 radical (unpaired) electrons. The van der Waals surface area contributed by atoms with Crippen molar-refractivity contribution in [1.82, 2.24) is 4.72 Å². The average Bonchev–Trinajstić information content (AvgIpc) is 2.27. The van der Waals surface area contributed by atoms with Crippen LogP contribution in [0.2, 0.25) is 0 Å². The molecule has 0 saturated heterocycles. The highest BCUT2D eigenvalue weighted by Crippen LogP contribution is 2.23. The summed E-state index contributed by atoms with van der Waals surface area (Å²) in [5.41, 5.74) is 0. The molecule has 1 N–H and O–H groups in total. The van der Waals surface area contributed by atoms with Gasteiger partial charge in [-0.15, -0.1) is 0 Å². The van der Waals surface area contributed by atoms with Gasteiger partial charge in [0, 0.05) is 11.4 Å². The number of rotatable bonds is 5. The molecule has 0 amide bonds. The number of alkyl halides is 1. The van der Waals surface area contributed by atoms with Gasteiger partial charge in [0.1, 0.15) is 0 Å². The molecule has 0 bridgehead atoms. The molecule has 0 aromatic carbocycles. The summed E-state index contributed by atoms with van der Waals surface area (Å²) in [7, 11) is -3.07. The maximum Gasteiger partial charge on any atom is 0.214 e. The topological polar surface area (TPSA) is 46.2 Å². The zero-order valence-corrected chi connectivity index (χ0v) is 11.6. The molecule has 1 rings (SSSR count). The molecule has 0 spiro atoms. The van der Waals surface area contributed by atoms with E-state index in [-0.39, 0.29) is 10.1 Å². The maximum absolute atomic E-state index is 11.9. The molecule has 5 heteroatoms. The minimum Gasteiger partial charge on any atom is -0.214 e. The van der Waals surface area contributed by atoms with Gasteiger partial charge in [-0.25, -0.2) is 13.1 Å². The van der Waals surface area contributed by atoms with Crippen LogP contribution in [-0.4, -0.2) is 25.0 Å². The average molecular weight is 298 g/mol. The van der Waals surface area contributed by atoms with Gasteiger partial charge < -0.3 is 0 Å². The molecule has 1 saturated carbocycles. The van der Waals surface area contributed by atoms with Gasteiger partial charge in [-0.2, -0.15) is 0 Å². The Balaban J connectivity index is 2.43. The first-order valence-corrected chi connectivity index (χ1v) is 8.15. The summed E-state index contributed by atoms with van der Waals surface area (Å²) in [4.78, 5) is 0.246. The zero-order chi connectivity index (χ0) is 11.3. The predicted molar refractivity (Wildman–Crippen MR) is 66.8 cm³/mol. The Morgan fingerprint density at radius 1 is 1.33 bits per heavy atom. The van der Waals surface area contributed by atoms with Gasteiger partial charge in [0.05, 0.1) is 5.25 Å². The van der Waals surface area contributed by atoms with Crippen LogP contribution in [0.3, 0.4) is 0 Å². The smallest absolute Gasteiger partial charge is 0.214 e. The van der Waals surface area contributed by atoms with Crippen molar-refractivity contribution in [3.63, 3.8) is 0 Å². The maximum atomic E-state index is 11.9. The SMILES string of the molecule is CCC(Br)CNS(=O)(=O)C1CCCCC1. The van der Waals surface area contributed by atoms with Crippen molar-refractivity contribution in [1.29, 1.82) is 0 Å². The molecule has 3 nitrogen and oxygen atoms in total. The minimum atomic E-state index is -3.07. The lowest BCUT2D eigenvalue weighted by Crippen LogP contribution is -2.38. The predicted octanol–water partition coefficient (Wildman–Crippen LogP) is 2.41. The van der Waals surface area contributed by atoms with Crippen LogP contribution in [0.15, 0.2) is 0 Å². The van der Waals surface area contributed by atoms with Crippen molar-refractivity contribution in [3.05, 3.63) is 0 Å². The van der Waals surface area contributed by atoms with Gasteiger partial charge in [0.2, 0.25) is 10.0 Å². The molecular weight excluding hydrogens is 278 g/mol. The van der Waals surface area contributed by atoms with Crippen molar-refractivity contribution < 1.29 is 8.42 Å². The Hall–Kier alpha value is 0.390. The summed E-state index contributed by atoms with van der Waals surface area (Å²) >= 11 is 3.43. The fourth-order valence-corrected chi connectivity index (χ4v) is 3.84. The van der Waals surface area contributed by atoms with Gasteiger partial charge in [0.15, 0.2) is 0 Å². The van der Waals surface area contributed by atoms with Gasteiger partial charge in [-0.1, -0.05) is 42.1 Å². The van der Waals surface area contributed by atoms with Crippen molar-refractivity contribution >= 4 is 26.0 Å². The summed E-state index contributed by atoms with van der Waals surface area (Å²) < 4.78 is 26.5. The molecule has 1 atom stereocenters. The normalized spacial score (nSPS) is 21.5. The Morgan fingerprint density at radius 2 is 1.93 bits per heavy atom. The third kappa shape index (κ3) is 4.41. The van der Waals surface area contributed by atoms with Gasteiger partial charge in [0.25, 0.3) is 0 Å². The Kier molecular flexibility index (Phi) is 5.57. The van der Waals surface area contributed by atoms with E-state index in [0.717, 1.165) is 32.1 Å². The summed E-state index contributed by atoms with van der Waals surface area (Å²) in [6.45, 7) is 2.55. The van der Waals surface area contributed by atoms with Crippen LogP contribution in [0, 0.1) is 0 Å². The first-order valence-electron chi connectivity index (χ1n) is 5.69. The number of hydrogen-bond acceptors (Lipinski definition) is 2. The lowest BCUT2D eigenvalue weighted by molar-refractivity contribution is 0.477. The molecule has 0 aliphatic heterocycles. The van der Waals surface area contributed by atoms with Crippen molar-refractivity contribution in [3.8, 4) is 0 Å². The molecule has 1 fully saturated rings. The highest BCUT2D eigenvalue weighted by molar-refractivity contribution is 9.09. The summed E-state index contributed by atoms with van der Waals surface area (Å²) in [6, 6.07) is 0. The Morgan fingerprint density at radius 3 is 2.47 bits per heavy atom. The second-order valence-electron chi connectivity index (χ2n) is 4.16. The molecular formula is C10H20BrNO2S. The molecule has 1 aliphatic rings. The zero-order valence-electron chi connectivity index (χ0n) is 9.21. The Bertz CT molecular complexity index is 273. The van der Waals surface area contributed by atoms with Gasteiger partial charge in [-0.3, -0.25) is 0 Å². The first-order chi connectivity index (χ1) is 7.06. The van der Waals surface area contributed by atoms with E-state index in [9.17, 15) is 8.42 Å². The number of hydrogen-bond donors (Lipinski definition) is 1. The van der Waals surface area contributed by atoms with E-state index in [4.69, 9.17) is 0 Å². The summed E-state index contributed by atoms with van der Waals surface area (Å²) in [6.07, 6.45) is 5.88. The van der Waals surface area contributed by atoms with E-state index < -0.39 is 10.0 Å². The lowest BCUT2D eigenvalue weighted by atomic mass is 10.0. The molecule has 0 aromatic heterocycles. The largest absolute Gasteiger partial charge is 0.214 e.